The van der Waals surface area contributed by atoms with Crippen molar-refractivity contribution in [1.82, 2.24) is 0 Å². The molecular formula is C11H9NO4. The van der Waals surface area contributed by atoms with Gasteiger partial charge in [-0.05, 0) is 6.07 Å². The van der Waals surface area contributed by atoms with Gasteiger partial charge in [-0.25, -0.2) is 0 Å². The van der Waals surface area contributed by atoms with Crippen LogP contribution in [0.4, 0.5) is 0 Å². The number of hydrogen-bond acceptors (Lipinski definition) is 4. The number of oxime groups is 1. The SMILES string of the molecule is O=C(O)C/C(=N/O)c1coc2ccccc12. The third-order valence-corrected chi connectivity index (χ3v) is 2.23. The Morgan fingerprint density at radius 3 is 2.81 bits per heavy atom. The minimum absolute atomic E-state index is 0.0810. The molecule has 0 bridgehead atoms. The Bertz CT molecular complexity index is 556. The van der Waals surface area contributed by atoms with Crippen molar-refractivity contribution in [3.05, 3.63) is 36.1 Å². The molecule has 0 spiro atoms. The highest BCUT2D eigenvalue weighted by molar-refractivity contribution is 6.15. The van der Waals surface area contributed by atoms with Crippen LogP contribution in [0.25, 0.3) is 11.0 Å². The molecule has 5 nitrogen and oxygen atoms in total. The first-order valence-corrected chi connectivity index (χ1v) is 4.61. The summed E-state index contributed by atoms with van der Waals surface area (Å²) in [7, 11) is 0. The Morgan fingerprint density at radius 2 is 2.12 bits per heavy atom. The van der Waals surface area contributed by atoms with Crippen molar-refractivity contribution in [2.75, 3.05) is 0 Å². The van der Waals surface area contributed by atoms with Crippen LogP contribution in [-0.2, 0) is 4.79 Å². The summed E-state index contributed by atoms with van der Waals surface area (Å²) in [5.41, 5.74) is 1.21. The van der Waals surface area contributed by atoms with E-state index in [1.165, 1.54) is 6.26 Å². The molecule has 0 saturated heterocycles. The fraction of sp³-hybridized carbons (Fsp3) is 0.0909. The van der Waals surface area contributed by atoms with Gasteiger partial charge in [-0.3, -0.25) is 4.79 Å². The fourth-order valence-electron chi connectivity index (χ4n) is 1.53. The van der Waals surface area contributed by atoms with E-state index >= 15 is 0 Å². The van der Waals surface area contributed by atoms with E-state index in [0.717, 1.165) is 5.39 Å². The summed E-state index contributed by atoms with van der Waals surface area (Å²) in [4.78, 5) is 10.6. The maximum Gasteiger partial charge on any atom is 0.309 e. The van der Waals surface area contributed by atoms with Gasteiger partial charge >= 0.3 is 5.97 Å². The fourth-order valence-corrected chi connectivity index (χ4v) is 1.53. The topological polar surface area (TPSA) is 83.0 Å². The van der Waals surface area contributed by atoms with Crippen molar-refractivity contribution in [2.24, 2.45) is 5.16 Å². The second-order valence-electron chi connectivity index (χ2n) is 3.26. The molecule has 2 N–H and O–H groups in total. The Hall–Kier alpha value is -2.30. The van der Waals surface area contributed by atoms with E-state index in [0.29, 0.717) is 11.1 Å². The summed E-state index contributed by atoms with van der Waals surface area (Å²) in [5, 5.41) is 21.2. The number of para-hydroxylation sites is 1. The molecule has 0 aliphatic heterocycles. The number of benzene rings is 1. The number of rotatable bonds is 3. The maximum absolute atomic E-state index is 10.6. The lowest BCUT2D eigenvalue weighted by molar-refractivity contribution is -0.135. The van der Waals surface area contributed by atoms with E-state index in [9.17, 15) is 4.79 Å². The van der Waals surface area contributed by atoms with E-state index in [2.05, 4.69) is 5.16 Å². The van der Waals surface area contributed by atoms with Gasteiger partial charge in [0, 0.05) is 10.9 Å². The molecule has 0 fully saturated rings. The quantitative estimate of drug-likeness (QED) is 0.470. The number of nitrogens with zero attached hydrogens (tertiary/aromatic N) is 1. The number of fused-ring (bicyclic) bond motifs is 1. The lowest BCUT2D eigenvalue weighted by Gasteiger charge is -1.97. The average molecular weight is 219 g/mol. The average Bonchev–Trinajstić information content (AvgIpc) is 2.69. The molecule has 0 aliphatic carbocycles. The molecule has 1 heterocycles. The normalized spacial score (nSPS) is 11.9. The molecule has 82 valence electrons. The number of aliphatic carboxylic acids is 1. The highest BCUT2D eigenvalue weighted by Crippen LogP contribution is 2.22. The standard InChI is InChI=1S/C11H9NO4/c13-11(14)5-9(12-15)8-6-16-10-4-2-1-3-7(8)10/h1-4,6,15H,5H2,(H,13,14)/b12-9-. The minimum Gasteiger partial charge on any atom is -0.481 e. The van der Waals surface area contributed by atoms with Gasteiger partial charge in [0.15, 0.2) is 0 Å². The van der Waals surface area contributed by atoms with E-state index in [4.69, 9.17) is 14.7 Å². The predicted molar refractivity (Wildman–Crippen MR) is 56.8 cm³/mol. The molecule has 0 saturated carbocycles. The smallest absolute Gasteiger partial charge is 0.309 e. The number of carbonyl (C=O) groups is 1. The zero-order valence-electron chi connectivity index (χ0n) is 8.25. The zero-order chi connectivity index (χ0) is 11.5. The van der Waals surface area contributed by atoms with E-state index in [1.807, 2.05) is 6.07 Å². The molecule has 1 aromatic heterocycles. The predicted octanol–water partition coefficient (Wildman–Crippen LogP) is 2.09. The van der Waals surface area contributed by atoms with Gasteiger partial charge in [-0.2, -0.15) is 0 Å². The van der Waals surface area contributed by atoms with Crippen molar-refractivity contribution in [3.8, 4) is 0 Å². The lowest BCUT2D eigenvalue weighted by Crippen LogP contribution is -2.07. The molecule has 2 rings (SSSR count). The number of hydrogen-bond donors (Lipinski definition) is 2. The molecule has 2 aromatic rings. The van der Waals surface area contributed by atoms with Gasteiger partial charge in [0.25, 0.3) is 0 Å². The van der Waals surface area contributed by atoms with E-state index in [1.54, 1.807) is 18.2 Å². The van der Waals surface area contributed by atoms with Crippen molar-refractivity contribution in [1.29, 1.82) is 0 Å². The molecule has 0 aliphatic rings. The van der Waals surface area contributed by atoms with Crippen LogP contribution in [0.2, 0.25) is 0 Å². The van der Waals surface area contributed by atoms with Crippen molar-refractivity contribution >= 4 is 22.7 Å². The first-order valence-electron chi connectivity index (χ1n) is 4.61. The van der Waals surface area contributed by atoms with E-state index < -0.39 is 5.97 Å². The van der Waals surface area contributed by atoms with Crippen LogP contribution >= 0.6 is 0 Å². The molecule has 0 amide bonds. The number of carboxylic acid groups (broad SMARTS) is 1. The molecule has 0 atom stereocenters. The number of furan rings is 1. The summed E-state index contributed by atoms with van der Waals surface area (Å²) >= 11 is 0. The summed E-state index contributed by atoms with van der Waals surface area (Å²) in [6, 6.07) is 7.15. The van der Waals surface area contributed by atoms with Crippen LogP contribution < -0.4 is 0 Å². The third kappa shape index (κ3) is 1.75. The molecule has 0 unspecified atom stereocenters. The van der Waals surface area contributed by atoms with Crippen molar-refractivity contribution < 1.29 is 19.5 Å². The van der Waals surface area contributed by atoms with Gasteiger partial charge in [0.1, 0.15) is 17.6 Å². The first kappa shape index (κ1) is 10.2. The van der Waals surface area contributed by atoms with Crippen LogP contribution in [0.15, 0.2) is 40.1 Å². The monoisotopic (exact) mass is 219 g/mol. The third-order valence-electron chi connectivity index (χ3n) is 2.23. The lowest BCUT2D eigenvalue weighted by atomic mass is 10.1. The Kier molecular flexibility index (Phi) is 2.59. The Balaban J connectivity index is 2.50. The Labute approximate surface area is 90.6 Å². The van der Waals surface area contributed by atoms with Crippen LogP contribution in [-0.4, -0.2) is 22.0 Å². The summed E-state index contributed by atoms with van der Waals surface area (Å²) in [6.07, 6.45) is 1.04. The number of carboxylic acids is 1. The second kappa shape index (κ2) is 4.06. The minimum atomic E-state index is -1.06. The molecule has 16 heavy (non-hydrogen) atoms. The van der Waals surface area contributed by atoms with E-state index in [-0.39, 0.29) is 12.1 Å². The largest absolute Gasteiger partial charge is 0.481 e. The van der Waals surface area contributed by atoms with Gasteiger partial charge < -0.3 is 14.7 Å². The molecule has 1 aromatic carbocycles. The summed E-state index contributed by atoms with van der Waals surface area (Å²) in [5.74, 6) is -1.06. The van der Waals surface area contributed by atoms with Gasteiger partial charge in [0.05, 0.1) is 6.42 Å². The molecular weight excluding hydrogens is 210 g/mol. The van der Waals surface area contributed by atoms with Crippen LogP contribution in [0.5, 0.6) is 0 Å². The van der Waals surface area contributed by atoms with Crippen LogP contribution in [0, 0.1) is 0 Å². The van der Waals surface area contributed by atoms with Crippen molar-refractivity contribution in [3.63, 3.8) is 0 Å². The summed E-state index contributed by atoms with van der Waals surface area (Å²) in [6.45, 7) is 0. The van der Waals surface area contributed by atoms with Gasteiger partial charge in [-0.15, -0.1) is 0 Å². The molecule has 5 heteroatoms. The highest BCUT2D eigenvalue weighted by atomic mass is 16.4. The Morgan fingerprint density at radius 1 is 1.38 bits per heavy atom. The van der Waals surface area contributed by atoms with Crippen molar-refractivity contribution in [2.45, 2.75) is 6.42 Å². The van der Waals surface area contributed by atoms with Gasteiger partial charge in [-0.1, -0.05) is 23.4 Å². The maximum atomic E-state index is 10.6. The van der Waals surface area contributed by atoms with Crippen LogP contribution in [0.1, 0.15) is 12.0 Å². The van der Waals surface area contributed by atoms with Gasteiger partial charge in [0.2, 0.25) is 0 Å². The first-order chi connectivity index (χ1) is 7.72. The second-order valence-corrected chi connectivity index (χ2v) is 3.26. The highest BCUT2D eigenvalue weighted by Gasteiger charge is 2.14. The molecule has 0 radical (unpaired) electrons. The summed E-state index contributed by atoms with van der Waals surface area (Å²) < 4.78 is 5.23. The van der Waals surface area contributed by atoms with Crippen LogP contribution in [0.3, 0.4) is 0 Å². The zero-order valence-corrected chi connectivity index (χ0v) is 8.25.